The van der Waals surface area contributed by atoms with Crippen molar-refractivity contribution in [1.82, 2.24) is 0 Å². The van der Waals surface area contributed by atoms with Crippen molar-refractivity contribution in [1.29, 1.82) is 5.26 Å². The molecule has 1 aromatic rings. The Labute approximate surface area is 102 Å². The van der Waals surface area contributed by atoms with Crippen LogP contribution >= 0.6 is 0 Å². The van der Waals surface area contributed by atoms with Gasteiger partial charge in [0.1, 0.15) is 17.4 Å². The topological polar surface area (TPSA) is 119 Å². The summed E-state index contributed by atoms with van der Waals surface area (Å²) in [6, 6.07) is 5.55. The van der Waals surface area contributed by atoms with E-state index in [0.29, 0.717) is 5.75 Å². The van der Waals surface area contributed by atoms with Crippen LogP contribution in [0.3, 0.4) is 0 Å². The molecule has 0 saturated heterocycles. The Kier molecular flexibility index (Phi) is 3.99. The van der Waals surface area contributed by atoms with Crippen molar-refractivity contribution in [3.63, 3.8) is 0 Å². The smallest absolute Gasteiger partial charge is 0.276 e. The zero-order valence-corrected chi connectivity index (χ0v) is 9.41. The first kappa shape index (κ1) is 13.2. The van der Waals surface area contributed by atoms with Gasteiger partial charge in [-0.1, -0.05) is 0 Å². The second-order valence-electron chi connectivity index (χ2n) is 3.22. The van der Waals surface area contributed by atoms with Crippen LogP contribution in [-0.2, 0) is 4.79 Å². The number of ether oxygens (including phenoxy) is 1. The van der Waals surface area contributed by atoms with Gasteiger partial charge in [0, 0.05) is 6.07 Å². The fraction of sp³-hybridized carbons (Fsp3) is 0.0909. The van der Waals surface area contributed by atoms with Gasteiger partial charge < -0.3 is 10.5 Å². The molecule has 0 aromatic heterocycles. The number of hydrogen-bond acceptors (Lipinski definition) is 5. The van der Waals surface area contributed by atoms with Crippen LogP contribution in [0.4, 0.5) is 5.69 Å². The third-order valence-electron chi connectivity index (χ3n) is 2.12. The minimum atomic E-state index is -0.949. The fourth-order valence-corrected chi connectivity index (χ4v) is 1.26. The molecule has 0 radical (unpaired) electrons. The third-order valence-corrected chi connectivity index (χ3v) is 2.12. The van der Waals surface area contributed by atoms with Gasteiger partial charge in [0.05, 0.1) is 17.6 Å². The maximum atomic E-state index is 10.9. The van der Waals surface area contributed by atoms with Crippen LogP contribution in [0.25, 0.3) is 6.08 Å². The molecule has 1 amide bonds. The summed E-state index contributed by atoms with van der Waals surface area (Å²) in [6.07, 6.45) is 1.06. The highest BCUT2D eigenvalue weighted by molar-refractivity contribution is 6.01. The maximum Gasteiger partial charge on any atom is 0.276 e. The van der Waals surface area contributed by atoms with Crippen molar-refractivity contribution >= 4 is 17.7 Å². The number of hydrogen-bond donors (Lipinski definition) is 1. The number of methoxy groups -OCH3 is 1. The van der Waals surface area contributed by atoms with E-state index < -0.39 is 10.8 Å². The first-order valence-electron chi connectivity index (χ1n) is 4.73. The summed E-state index contributed by atoms with van der Waals surface area (Å²) >= 11 is 0. The number of primary amides is 1. The van der Waals surface area contributed by atoms with E-state index in [-0.39, 0.29) is 16.8 Å². The van der Waals surface area contributed by atoms with Gasteiger partial charge in [-0.05, 0) is 18.2 Å². The first-order chi connectivity index (χ1) is 8.49. The fourth-order valence-electron chi connectivity index (χ4n) is 1.26. The van der Waals surface area contributed by atoms with Crippen molar-refractivity contribution < 1.29 is 14.5 Å². The van der Waals surface area contributed by atoms with Gasteiger partial charge in [0.15, 0.2) is 0 Å². The van der Waals surface area contributed by atoms with E-state index in [1.807, 2.05) is 0 Å². The Bertz CT molecular complexity index is 572. The summed E-state index contributed by atoms with van der Waals surface area (Å²) in [5, 5.41) is 19.5. The molecule has 0 atom stereocenters. The molecule has 0 bridgehead atoms. The van der Waals surface area contributed by atoms with Crippen LogP contribution in [0.1, 0.15) is 5.56 Å². The highest BCUT2D eigenvalue weighted by Crippen LogP contribution is 2.26. The molecule has 0 aliphatic carbocycles. The number of carbonyl (C=O) groups is 1. The molecule has 0 heterocycles. The summed E-state index contributed by atoms with van der Waals surface area (Å²) < 4.78 is 4.91. The van der Waals surface area contributed by atoms with Gasteiger partial charge in [-0.2, -0.15) is 5.26 Å². The number of nitro groups is 1. The Balaban J connectivity index is 3.41. The van der Waals surface area contributed by atoms with Crippen LogP contribution in [0.15, 0.2) is 23.8 Å². The van der Waals surface area contributed by atoms with Crippen LogP contribution in [0, 0.1) is 21.4 Å². The molecule has 2 N–H and O–H groups in total. The van der Waals surface area contributed by atoms with E-state index in [9.17, 15) is 14.9 Å². The van der Waals surface area contributed by atoms with E-state index in [2.05, 4.69) is 0 Å². The average Bonchev–Trinajstić information content (AvgIpc) is 2.34. The number of nitrogens with two attached hydrogens (primary N) is 1. The molecule has 1 aromatic carbocycles. The number of carbonyl (C=O) groups excluding carboxylic acids is 1. The normalized spacial score (nSPS) is 10.6. The number of nitrogens with zero attached hydrogens (tertiary/aromatic N) is 2. The molecule has 0 fully saturated rings. The van der Waals surface area contributed by atoms with E-state index in [1.54, 1.807) is 6.07 Å². The maximum absolute atomic E-state index is 10.9. The zero-order chi connectivity index (χ0) is 13.7. The van der Waals surface area contributed by atoms with Gasteiger partial charge >= 0.3 is 0 Å². The predicted molar refractivity (Wildman–Crippen MR) is 62.4 cm³/mol. The molecule has 1 rings (SSSR count). The van der Waals surface area contributed by atoms with Crippen molar-refractivity contribution in [2.75, 3.05) is 7.11 Å². The lowest BCUT2D eigenvalue weighted by atomic mass is 10.1. The minimum absolute atomic E-state index is 0.0784. The number of nitro benzene ring substituents is 1. The number of benzene rings is 1. The van der Waals surface area contributed by atoms with Crippen molar-refractivity contribution in [2.45, 2.75) is 0 Å². The Morgan fingerprint density at radius 2 is 2.28 bits per heavy atom. The van der Waals surface area contributed by atoms with E-state index in [0.717, 1.165) is 6.08 Å². The van der Waals surface area contributed by atoms with Crippen LogP contribution in [-0.4, -0.2) is 17.9 Å². The predicted octanol–water partition coefficient (Wildman–Crippen LogP) is 0.996. The molecule has 7 nitrogen and oxygen atoms in total. The lowest BCUT2D eigenvalue weighted by molar-refractivity contribution is -0.385. The highest BCUT2D eigenvalue weighted by atomic mass is 16.6. The molecular weight excluding hydrogens is 238 g/mol. The molecule has 0 spiro atoms. The van der Waals surface area contributed by atoms with Gasteiger partial charge in [-0.15, -0.1) is 0 Å². The van der Waals surface area contributed by atoms with Crippen molar-refractivity contribution in [2.24, 2.45) is 5.73 Å². The van der Waals surface area contributed by atoms with Gasteiger partial charge in [0.2, 0.25) is 0 Å². The summed E-state index contributed by atoms with van der Waals surface area (Å²) in [5.41, 5.74) is 4.42. The standard InChI is InChI=1S/C11H9N3O4/c1-18-9-2-3-10(14(16)17)7(5-9)4-8(6-12)11(13)15/h2-5H,1H3,(H2,13,15). The monoisotopic (exact) mass is 247 g/mol. The Morgan fingerprint density at radius 3 is 2.72 bits per heavy atom. The largest absolute Gasteiger partial charge is 0.497 e. The first-order valence-corrected chi connectivity index (χ1v) is 4.73. The SMILES string of the molecule is COc1ccc([N+](=O)[O-])c(C=C(C#N)C(N)=O)c1. The minimum Gasteiger partial charge on any atom is -0.497 e. The number of amides is 1. The highest BCUT2D eigenvalue weighted by Gasteiger charge is 2.15. The molecule has 7 heteroatoms. The molecule has 0 saturated carbocycles. The van der Waals surface area contributed by atoms with Gasteiger partial charge in [-0.3, -0.25) is 14.9 Å². The molecule has 0 unspecified atom stereocenters. The van der Waals surface area contributed by atoms with E-state index in [4.69, 9.17) is 15.7 Å². The lowest BCUT2D eigenvalue weighted by Gasteiger charge is -2.02. The van der Waals surface area contributed by atoms with Gasteiger partial charge in [-0.25, -0.2) is 0 Å². The third kappa shape index (κ3) is 2.82. The summed E-state index contributed by atoms with van der Waals surface area (Å²) in [6.45, 7) is 0. The summed E-state index contributed by atoms with van der Waals surface area (Å²) in [5.74, 6) is -0.580. The number of rotatable bonds is 4. The Morgan fingerprint density at radius 1 is 1.61 bits per heavy atom. The quantitative estimate of drug-likeness (QED) is 0.368. The Hall–Kier alpha value is -2.88. The van der Waals surface area contributed by atoms with Crippen molar-refractivity contribution in [3.8, 4) is 11.8 Å². The van der Waals surface area contributed by atoms with Crippen LogP contribution in [0.5, 0.6) is 5.75 Å². The molecule has 92 valence electrons. The van der Waals surface area contributed by atoms with Crippen molar-refractivity contribution in [3.05, 3.63) is 39.4 Å². The van der Waals surface area contributed by atoms with Crippen LogP contribution < -0.4 is 10.5 Å². The number of nitriles is 1. The molecule has 18 heavy (non-hydrogen) atoms. The van der Waals surface area contributed by atoms with E-state index >= 15 is 0 Å². The zero-order valence-electron chi connectivity index (χ0n) is 9.41. The summed E-state index contributed by atoms with van der Waals surface area (Å²) in [4.78, 5) is 21.1. The van der Waals surface area contributed by atoms with Gasteiger partial charge in [0.25, 0.3) is 11.6 Å². The molecular formula is C11H9N3O4. The average molecular weight is 247 g/mol. The molecule has 0 aliphatic rings. The lowest BCUT2D eigenvalue weighted by Crippen LogP contribution is -2.12. The second kappa shape index (κ2) is 5.45. The second-order valence-corrected chi connectivity index (χ2v) is 3.22. The van der Waals surface area contributed by atoms with Crippen LogP contribution in [0.2, 0.25) is 0 Å². The summed E-state index contributed by atoms with van der Waals surface area (Å²) in [7, 11) is 1.40. The van der Waals surface area contributed by atoms with E-state index in [1.165, 1.54) is 25.3 Å². The molecule has 0 aliphatic heterocycles.